The maximum Gasteiger partial charge on any atom is 0.269 e. The van der Waals surface area contributed by atoms with E-state index in [0.29, 0.717) is 36.2 Å². The van der Waals surface area contributed by atoms with Gasteiger partial charge in [0.2, 0.25) is 11.8 Å². The summed E-state index contributed by atoms with van der Waals surface area (Å²) in [6, 6.07) is 6.67. The molecule has 0 bridgehead atoms. The van der Waals surface area contributed by atoms with Gasteiger partial charge in [0.15, 0.2) is 11.5 Å². The highest BCUT2D eigenvalue weighted by Gasteiger charge is 2.12. The van der Waals surface area contributed by atoms with Crippen molar-refractivity contribution in [1.29, 1.82) is 0 Å². The number of methoxy groups -OCH3 is 1. The number of carbonyl (C=O) groups is 1. The van der Waals surface area contributed by atoms with Gasteiger partial charge in [-0.15, -0.1) is 0 Å². The lowest BCUT2D eigenvalue weighted by Gasteiger charge is -2.14. The Balaban J connectivity index is 2.06. The molecular formula is C18H24N4O4. The van der Waals surface area contributed by atoms with Crippen molar-refractivity contribution in [1.82, 2.24) is 15.4 Å². The fraction of sp³-hybridized carbons (Fsp3) is 0.389. The van der Waals surface area contributed by atoms with Gasteiger partial charge in [0.25, 0.3) is 5.91 Å². The van der Waals surface area contributed by atoms with Crippen molar-refractivity contribution >= 4 is 11.9 Å². The summed E-state index contributed by atoms with van der Waals surface area (Å²) in [5.74, 6) is 1.44. The fourth-order valence-corrected chi connectivity index (χ4v) is 2.01. The summed E-state index contributed by atoms with van der Waals surface area (Å²) in [6.45, 7) is 5.17. The third-order valence-electron chi connectivity index (χ3n) is 3.26. The number of nitrogens with zero attached hydrogens (tertiary/aromatic N) is 2. The largest absolute Gasteiger partial charge is 0.490 e. The minimum absolute atomic E-state index is 0.225. The third-order valence-corrected chi connectivity index (χ3v) is 3.26. The van der Waals surface area contributed by atoms with Crippen LogP contribution in [0, 0.1) is 0 Å². The van der Waals surface area contributed by atoms with E-state index >= 15 is 0 Å². The second-order valence-electron chi connectivity index (χ2n) is 5.36. The molecule has 1 aromatic carbocycles. The van der Waals surface area contributed by atoms with Gasteiger partial charge >= 0.3 is 0 Å². The number of ether oxygens (including phenoxy) is 3. The molecule has 26 heavy (non-hydrogen) atoms. The smallest absolute Gasteiger partial charge is 0.269 e. The van der Waals surface area contributed by atoms with Crippen molar-refractivity contribution < 1.29 is 19.0 Å². The van der Waals surface area contributed by atoms with Crippen molar-refractivity contribution in [3.63, 3.8) is 0 Å². The zero-order chi connectivity index (χ0) is 18.8. The van der Waals surface area contributed by atoms with Gasteiger partial charge < -0.3 is 14.2 Å². The van der Waals surface area contributed by atoms with Crippen LogP contribution in [0.25, 0.3) is 0 Å². The van der Waals surface area contributed by atoms with E-state index in [2.05, 4.69) is 20.8 Å². The van der Waals surface area contributed by atoms with Gasteiger partial charge in [0, 0.05) is 17.8 Å². The van der Waals surface area contributed by atoms with E-state index in [1.54, 1.807) is 24.3 Å². The van der Waals surface area contributed by atoms with E-state index in [0.717, 1.165) is 12.8 Å². The quantitative estimate of drug-likeness (QED) is 0.629. The van der Waals surface area contributed by atoms with Crippen molar-refractivity contribution in [2.75, 3.05) is 25.7 Å². The number of aromatic nitrogens is 2. The van der Waals surface area contributed by atoms with E-state index in [-0.39, 0.29) is 11.9 Å². The number of amides is 1. The summed E-state index contributed by atoms with van der Waals surface area (Å²) in [7, 11) is 1.50. The highest BCUT2D eigenvalue weighted by atomic mass is 16.5. The van der Waals surface area contributed by atoms with Crippen molar-refractivity contribution in [2.24, 2.45) is 0 Å². The Morgan fingerprint density at radius 2 is 1.81 bits per heavy atom. The lowest BCUT2D eigenvalue weighted by Crippen LogP contribution is -2.30. The number of hydrogen-bond donors (Lipinski definition) is 2. The topological polar surface area (TPSA) is 94.6 Å². The average Bonchev–Trinajstić information content (AvgIpc) is 2.69. The van der Waals surface area contributed by atoms with E-state index in [9.17, 15) is 4.79 Å². The Hall–Kier alpha value is -3.03. The summed E-state index contributed by atoms with van der Waals surface area (Å²) < 4.78 is 16.4. The van der Waals surface area contributed by atoms with Crippen LogP contribution in [0.15, 0.2) is 30.5 Å². The summed E-state index contributed by atoms with van der Waals surface area (Å²) in [5.41, 5.74) is 5.63. The van der Waals surface area contributed by atoms with Crippen LogP contribution in [0.1, 0.15) is 37.0 Å². The molecule has 0 fully saturated rings. The lowest BCUT2D eigenvalue weighted by molar-refractivity contribution is 0.0961. The molecule has 0 radical (unpaired) electrons. The number of hydrogen-bond acceptors (Lipinski definition) is 7. The Morgan fingerprint density at radius 1 is 1.08 bits per heavy atom. The maximum atomic E-state index is 12.4. The molecule has 0 aliphatic heterocycles. The molecule has 2 aromatic rings. The van der Waals surface area contributed by atoms with Gasteiger partial charge in [0.1, 0.15) is 0 Å². The first kappa shape index (κ1) is 19.3. The maximum absolute atomic E-state index is 12.4. The zero-order valence-corrected chi connectivity index (χ0v) is 15.2. The predicted molar refractivity (Wildman–Crippen MR) is 97.7 cm³/mol. The van der Waals surface area contributed by atoms with Gasteiger partial charge in [-0.05, 0) is 31.0 Å². The van der Waals surface area contributed by atoms with E-state index in [4.69, 9.17) is 14.2 Å². The van der Waals surface area contributed by atoms with E-state index in [1.165, 1.54) is 13.3 Å². The standard InChI is InChI=1S/C18H24N4O4/c1-4-10-25-14-7-6-13(12-15(14)26-11-5-2)17(23)21-22-18-19-9-8-16(20-18)24-3/h6-9,12H,4-5,10-11H2,1-3H3,(H,21,23)(H,19,20,22). The molecule has 0 aliphatic carbocycles. The van der Waals surface area contributed by atoms with Crippen LogP contribution in [0.2, 0.25) is 0 Å². The van der Waals surface area contributed by atoms with Gasteiger partial charge in [-0.2, -0.15) is 4.98 Å². The highest BCUT2D eigenvalue weighted by molar-refractivity contribution is 5.95. The second-order valence-corrected chi connectivity index (χ2v) is 5.36. The Morgan fingerprint density at radius 3 is 2.50 bits per heavy atom. The monoisotopic (exact) mass is 360 g/mol. The number of anilines is 1. The van der Waals surface area contributed by atoms with Crippen molar-refractivity contribution in [2.45, 2.75) is 26.7 Å². The molecule has 140 valence electrons. The number of hydrazine groups is 1. The van der Waals surface area contributed by atoms with Crippen LogP contribution in [0.4, 0.5) is 5.95 Å². The molecule has 0 saturated carbocycles. The third kappa shape index (κ3) is 5.51. The molecular weight excluding hydrogens is 336 g/mol. The van der Waals surface area contributed by atoms with E-state index < -0.39 is 0 Å². The van der Waals surface area contributed by atoms with Gasteiger partial charge in [0.05, 0.1) is 20.3 Å². The lowest BCUT2D eigenvalue weighted by atomic mass is 10.2. The Bertz CT molecular complexity index is 724. The molecule has 0 unspecified atom stereocenters. The molecule has 1 heterocycles. The van der Waals surface area contributed by atoms with Crippen LogP contribution in [-0.2, 0) is 0 Å². The first-order chi connectivity index (χ1) is 12.7. The Kier molecular flexibility index (Phi) is 7.48. The summed E-state index contributed by atoms with van der Waals surface area (Å²) in [5, 5.41) is 0. The van der Waals surface area contributed by atoms with Crippen molar-refractivity contribution in [3.05, 3.63) is 36.0 Å². The zero-order valence-electron chi connectivity index (χ0n) is 15.2. The molecule has 2 rings (SSSR count). The van der Waals surface area contributed by atoms with Crippen LogP contribution in [0.3, 0.4) is 0 Å². The second kappa shape index (κ2) is 10.1. The number of nitrogens with one attached hydrogen (secondary N) is 2. The van der Waals surface area contributed by atoms with Crippen LogP contribution >= 0.6 is 0 Å². The summed E-state index contributed by atoms with van der Waals surface area (Å²) in [4.78, 5) is 20.4. The van der Waals surface area contributed by atoms with Gasteiger partial charge in [-0.25, -0.2) is 4.98 Å². The molecule has 1 aromatic heterocycles. The molecule has 0 saturated heterocycles. The number of rotatable bonds is 10. The molecule has 0 atom stereocenters. The number of carbonyl (C=O) groups excluding carboxylic acids is 1. The Labute approximate surface area is 152 Å². The summed E-state index contributed by atoms with van der Waals surface area (Å²) >= 11 is 0. The van der Waals surface area contributed by atoms with Gasteiger partial charge in [-0.3, -0.25) is 15.6 Å². The van der Waals surface area contributed by atoms with E-state index in [1.807, 2.05) is 13.8 Å². The molecule has 8 heteroatoms. The molecule has 0 spiro atoms. The SMILES string of the molecule is CCCOc1ccc(C(=O)NNc2nccc(OC)n2)cc1OCCC. The van der Waals surface area contributed by atoms with Crippen molar-refractivity contribution in [3.8, 4) is 17.4 Å². The molecule has 8 nitrogen and oxygen atoms in total. The average molecular weight is 360 g/mol. The minimum atomic E-state index is -0.347. The van der Waals surface area contributed by atoms with Crippen LogP contribution in [0.5, 0.6) is 17.4 Å². The minimum Gasteiger partial charge on any atom is -0.490 e. The normalized spacial score (nSPS) is 10.1. The van der Waals surface area contributed by atoms with Crippen LogP contribution in [-0.4, -0.2) is 36.2 Å². The number of benzene rings is 1. The molecule has 2 N–H and O–H groups in total. The molecule has 1 amide bonds. The summed E-state index contributed by atoms with van der Waals surface area (Å²) in [6.07, 6.45) is 3.27. The first-order valence-corrected chi connectivity index (χ1v) is 8.51. The van der Waals surface area contributed by atoms with Gasteiger partial charge in [-0.1, -0.05) is 13.8 Å². The fourth-order valence-electron chi connectivity index (χ4n) is 2.01. The van der Waals surface area contributed by atoms with Crippen LogP contribution < -0.4 is 25.1 Å². The molecule has 0 aliphatic rings. The first-order valence-electron chi connectivity index (χ1n) is 8.51. The highest BCUT2D eigenvalue weighted by Crippen LogP contribution is 2.29. The predicted octanol–water partition coefficient (Wildman–Crippen LogP) is 2.82.